The van der Waals surface area contributed by atoms with Gasteiger partial charge in [-0.1, -0.05) is 0 Å². The summed E-state index contributed by atoms with van der Waals surface area (Å²) in [4.78, 5) is 30.4. The molecule has 1 amide bonds. The first kappa shape index (κ1) is 15.0. The molecule has 0 aliphatic rings. The molecule has 2 aromatic rings. The number of halogens is 1. The van der Waals surface area contributed by atoms with E-state index in [0.717, 1.165) is 5.69 Å². The Morgan fingerprint density at radius 3 is 2.76 bits per heavy atom. The molecule has 0 saturated carbocycles. The van der Waals surface area contributed by atoms with Crippen molar-refractivity contribution in [2.75, 3.05) is 0 Å². The van der Waals surface area contributed by atoms with E-state index in [2.05, 4.69) is 31.2 Å². The maximum atomic E-state index is 12.0. The summed E-state index contributed by atoms with van der Waals surface area (Å²) in [5.74, 6) is -0.409. The zero-order valence-corrected chi connectivity index (χ0v) is 12.6. The number of aromatic nitrogens is 2. The molecule has 8 heteroatoms. The Balaban J connectivity index is 2.08. The molecule has 0 spiro atoms. The zero-order chi connectivity index (χ0) is 15.4. The van der Waals surface area contributed by atoms with Crippen LogP contribution in [-0.2, 0) is 6.54 Å². The third-order valence-corrected chi connectivity index (χ3v) is 3.34. The van der Waals surface area contributed by atoms with Crippen molar-refractivity contribution in [2.45, 2.75) is 13.5 Å². The average Bonchev–Trinajstić information content (AvgIpc) is 2.46. The van der Waals surface area contributed by atoms with Crippen LogP contribution < -0.4 is 5.32 Å². The molecule has 0 aliphatic heterocycles. The molecule has 0 saturated heterocycles. The van der Waals surface area contributed by atoms with Crippen LogP contribution >= 0.6 is 15.9 Å². The highest BCUT2D eigenvalue weighted by molar-refractivity contribution is 9.10. The number of benzene rings is 1. The van der Waals surface area contributed by atoms with Gasteiger partial charge in [-0.3, -0.25) is 24.9 Å². The molecule has 1 N–H and O–H groups in total. The third kappa shape index (κ3) is 3.82. The summed E-state index contributed by atoms with van der Waals surface area (Å²) >= 11 is 3.07. The zero-order valence-electron chi connectivity index (χ0n) is 11.0. The SMILES string of the molecule is Cc1cnc(CNC(=O)c2ccc(Br)c([N+](=O)[O-])c2)cn1. The quantitative estimate of drug-likeness (QED) is 0.674. The van der Waals surface area contributed by atoms with Crippen LogP contribution in [0.15, 0.2) is 35.1 Å². The smallest absolute Gasteiger partial charge is 0.284 e. The minimum absolute atomic E-state index is 0.155. The highest BCUT2D eigenvalue weighted by atomic mass is 79.9. The van der Waals surface area contributed by atoms with Gasteiger partial charge in [-0.25, -0.2) is 0 Å². The van der Waals surface area contributed by atoms with E-state index in [1.807, 2.05) is 6.92 Å². The summed E-state index contributed by atoms with van der Waals surface area (Å²) in [6.07, 6.45) is 3.17. The van der Waals surface area contributed by atoms with Crippen molar-refractivity contribution in [3.63, 3.8) is 0 Å². The summed E-state index contributed by atoms with van der Waals surface area (Å²) in [6, 6.07) is 4.20. The number of hydrogen-bond donors (Lipinski definition) is 1. The lowest BCUT2D eigenvalue weighted by molar-refractivity contribution is -0.385. The second kappa shape index (κ2) is 6.40. The lowest BCUT2D eigenvalue weighted by atomic mass is 10.2. The molecule has 0 bridgehead atoms. The predicted octanol–water partition coefficient (Wildman–Crippen LogP) is 2.39. The fraction of sp³-hybridized carbons (Fsp3) is 0.154. The van der Waals surface area contributed by atoms with Gasteiger partial charge in [-0.2, -0.15) is 0 Å². The van der Waals surface area contributed by atoms with Crippen molar-refractivity contribution in [1.82, 2.24) is 15.3 Å². The summed E-state index contributed by atoms with van der Waals surface area (Å²) < 4.78 is 0.327. The predicted molar refractivity (Wildman–Crippen MR) is 78.7 cm³/mol. The van der Waals surface area contributed by atoms with Crippen LogP contribution in [0.4, 0.5) is 5.69 Å². The Morgan fingerprint density at radius 1 is 1.38 bits per heavy atom. The molecule has 0 fully saturated rings. The number of hydrogen-bond acceptors (Lipinski definition) is 5. The molecule has 1 aromatic heterocycles. The highest BCUT2D eigenvalue weighted by Gasteiger charge is 2.15. The molecule has 0 radical (unpaired) electrons. The monoisotopic (exact) mass is 350 g/mol. The lowest BCUT2D eigenvalue weighted by Crippen LogP contribution is -2.23. The Bertz CT molecular complexity index is 688. The van der Waals surface area contributed by atoms with Crippen LogP contribution in [0.3, 0.4) is 0 Å². The van der Waals surface area contributed by atoms with Gasteiger partial charge in [-0.05, 0) is 35.0 Å². The van der Waals surface area contributed by atoms with Crippen LogP contribution in [0.1, 0.15) is 21.7 Å². The number of nitrogens with one attached hydrogen (secondary N) is 1. The first-order chi connectivity index (χ1) is 9.97. The summed E-state index contributed by atoms with van der Waals surface area (Å²) in [7, 11) is 0. The number of amides is 1. The number of nitro groups is 1. The van der Waals surface area contributed by atoms with Crippen LogP contribution in [-0.4, -0.2) is 20.8 Å². The largest absolute Gasteiger partial charge is 0.346 e. The molecular formula is C13H11BrN4O3. The average molecular weight is 351 g/mol. The van der Waals surface area contributed by atoms with Gasteiger partial charge >= 0.3 is 0 Å². The van der Waals surface area contributed by atoms with Crippen molar-refractivity contribution >= 4 is 27.5 Å². The van der Waals surface area contributed by atoms with Gasteiger partial charge in [0.1, 0.15) is 0 Å². The van der Waals surface area contributed by atoms with E-state index in [9.17, 15) is 14.9 Å². The topological polar surface area (TPSA) is 98.0 Å². The van der Waals surface area contributed by atoms with E-state index in [0.29, 0.717) is 10.2 Å². The molecule has 0 unspecified atom stereocenters. The van der Waals surface area contributed by atoms with E-state index in [-0.39, 0.29) is 17.8 Å². The third-order valence-electron chi connectivity index (χ3n) is 2.67. The minimum atomic E-state index is -0.549. The van der Waals surface area contributed by atoms with E-state index in [4.69, 9.17) is 0 Å². The summed E-state index contributed by atoms with van der Waals surface area (Å²) in [5, 5.41) is 13.5. The fourth-order valence-corrected chi connectivity index (χ4v) is 1.97. The minimum Gasteiger partial charge on any atom is -0.346 e. The lowest BCUT2D eigenvalue weighted by Gasteiger charge is -2.05. The van der Waals surface area contributed by atoms with Crippen LogP contribution in [0, 0.1) is 17.0 Å². The van der Waals surface area contributed by atoms with Crippen molar-refractivity contribution in [3.8, 4) is 0 Å². The Morgan fingerprint density at radius 2 is 2.14 bits per heavy atom. The van der Waals surface area contributed by atoms with Gasteiger partial charge in [-0.15, -0.1) is 0 Å². The number of rotatable bonds is 4. The Labute approximate surface area is 128 Å². The van der Waals surface area contributed by atoms with Crippen LogP contribution in [0.2, 0.25) is 0 Å². The number of nitrogens with zero attached hydrogens (tertiary/aromatic N) is 3. The van der Waals surface area contributed by atoms with Crippen molar-refractivity contribution < 1.29 is 9.72 Å². The van der Waals surface area contributed by atoms with Crippen molar-refractivity contribution in [3.05, 3.63) is 62.1 Å². The van der Waals surface area contributed by atoms with E-state index < -0.39 is 10.8 Å². The van der Waals surface area contributed by atoms with Gasteiger partial charge in [0, 0.05) is 17.8 Å². The maximum absolute atomic E-state index is 12.0. The van der Waals surface area contributed by atoms with Crippen molar-refractivity contribution in [2.24, 2.45) is 0 Å². The summed E-state index contributed by atoms with van der Waals surface area (Å²) in [6.45, 7) is 2.02. The van der Waals surface area contributed by atoms with E-state index >= 15 is 0 Å². The molecule has 21 heavy (non-hydrogen) atoms. The molecule has 1 aromatic carbocycles. The first-order valence-electron chi connectivity index (χ1n) is 5.97. The van der Waals surface area contributed by atoms with Gasteiger partial charge in [0.05, 0.1) is 33.5 Å². The fourth-order valence-electron chi connectivity index (χ4n) is 1.58. The Hall–Kier alpha value is -2.35. The highest BCUT2D eigenvalue weighted by Crippen LogP contribution is 2.25. The molecule has 7 nitrogen and oxygen atoms in total. The second-order valence-corrected chi connectivity index (χ2v) is 5.11. The molecule has 108 valence electrons. The molecule has 0 aliphatic carbocycles. The Kier molecular flexibility index (Phi) is 4.59. The maximum Gasteiger partial charge on any atom is 0.284 e. The molecular weight excluding hydrogens is 340 g/mol. The first-order valence-corrected chi connectivity index (χ1v) is 6.76. The number of carbonyl (C=O) groups excluding carboxylic acids is 1. The van der Waals surface area contributed by atoms with Gasteiger partial charge < -0.3 is 5.32 Å². The van der Waals surface area contributed by atoms with Gasteiger partial charge in [0.15, 0.2) is 0 Å². The summed E-state index contributed by atoms with van der Waals surface area (Å²) in [5.41, 5.74) is 1.46. The van der Waals surface area contributed by atoms with Crippen LogP contribution in [0.25, 0.3) is 0 Å². The van der Waals surface area contributed by atoms with E-state index in [1.54, 1.807) is 12.4 Å². The van der Waals surface area contributed by atoms with Gasteiger partial charge in [0.25, 0.3) is 11.6 Å². The molecule has 2 rings (SSSR count). The van der Waals surface area contributed by atoms with Gasteiger partial charge in [0.2, 0.25) is 0 Å². The number of aryl methyl sites for hydroxylation is 1. The van der Waals surface area contributed by atoms with Crippen LogP contribution in [0.5, 0.6) is 0 Å². The number of nitro benzene ring substituents is 1. The number of carbonyl (C=O) groups is 1. The van der Waals surface area contributed by atoms with Crippen molar-refractivity contribution in [1.29, 1.82) is 0 Å². The molecule has 0 atom stereocenters. The van der Waals surface area contributed by atoms with E-state index in [1.165, 1.54) is 18.2 Å². The normalized spacial score (nSPS) is 10.2. The second-order valence-electron chi connectivity index (χ2n) is 4.26. The standard InChI is InChI=1S/C13H11BrN4O3/c1-8-5-16-10(6-15-8)7-17-13(19)9-2-3-11(14)12(4-9)18(20)21/h2-6H,7H2,1H3,(H,17,19). The molecule has 1 heterocycles.